The molecule has 0 radical (unpaired) electrons. The van der Waals surface area contributed by atoms with Crippen molar-refractivity contribution < 1.29 is 14.3 Å². The Morgan fingerprint density at radius 2 is 1.85 bits per heavy atom. The molecule has 2 rings (SSSR count). The molecule has 20 heavy (non-hydrogen) atoms. The molecule has 0 aromatic heterocycles. The summed E-state index contributed by atoms with van der Waals surface area (Å²) >= 11 is 0. The molecule has 1 unspecified atom stereocenters. The molecule has 1 atom stereocenters. The van der Waals surface area contributed by atoms with Crippen molar-refractivity contribution in [2.75, 3.05) is 19.7 Å². The highest BCUT2D eigenvalue weighted by atomic mass is 16.6. The summed E-state index contributed by atoms with van der Waals surface area (Å²) in [7, 11) is 0. The second-order valence-electron chi connectivity index (χ2n) is 5.80. The number of carbonyl (C=O) groups is 1. The number of rotatable bonds is 4. The average molecular weight is 285 g/mol. The van der Waals surface area contributed by atoms with Gasteiger partial charge in [0.2, 0.25) is 0 Å². The molecule has 0 aromatic rings. The average Bonchev–Trinajstić information content (AvgIpc) is 3.18. The minimum Gasteiger partial charge on any atom is -0.443 e. The fourth-order valence-electron chi connectivity index (χ4n) is 2.50. The van der Waals surface area contributed by atoms with Gasteiger partial charge in [0.1, 0.15) is 5.60 Å². The Kier molecular flexibility index (Phi) is 6.80. The Labute approximate surface area is 123 Å². The van der Waals surface area contributed by atoms with Crippen molar-refractivity contribution in [3.8, 4) is 0 Å². The van der Waals surface area contributed by atoms with Gasteiger partial charge in [-0.15, -0.1) is 0 Å². The Morgan fingerprint density at radius 1 is 1.30 bits per heavy atom. The minimum atomic E-state index is -0.160. The molecule has 1 saturated carbocycles. The molecule has 2 aliphatic rings. The number of hydrogen-bond acceptors (Lipinski definition) is 3. The predicted molar refractivity (Wildman–Crippen MR) is 80.9 cm³/mol. The van der Waals surface area contributed by atoms with Gasteiger partial charge in [-0.25, -0.2) is 4.79 Å². The first-order valence-corrected chi connectivity index (χ1v) is 8.13. The zero-order chi connectivity index (χ0) is 15.2. The van der Waals surface area contributed by atoms with Crippen LogP contribution in [-0.2, 0) is 9.47 Å². The summed E-state index contributed by atoms with van der Waals surface area (Å²) in [5.74, 6) is 0.575. The zero-order valence-electron chi connectivity index (χ0n) is 13.8. The summed E-state index contributed by atoms with van der Waals surface area (Å²) in [5.41, 5.74) is -0.160. The Bertz CT molecular complexity index is 294. The van der Waals surface area contributed by atoms with Crippen LogP contribution in [0.5, 0.6) is 0 Å². The van der Waals surface area contributed by atoms with E-state index in [2.05, 4.69) is 6.92 Å². The summed E-state index contributed by atoms with van der Waals surface area (Å²) in [4.78, 5) is 13.8. The molecule has 0 N–H and O–H groups in total. The maximum Gasteiger partial charge on any atom is 0.410 e. The summed E-state index contributed by atoms with van der Waals surface area (Å²) in [6.45, 7) is 12.5. The van der Waals surface area contributed by atoms with Gasteiger partial charge in [0.25, 0.3) is 0 Å². The van der Waals surface area contributed by atoms with Gasteiger partial charge in [0.05, 0.1) is 6.10 Å². The number of likely N-dealkylation sites (tertiary alicyclic amines) is 1. The van der Waals surface area contributed by atoms with Gasteiger partial charge in [0, 0.05) is 19.7 Å². The van der Waals surface area contributed by atoms with E-state index < -0.39 is 0 Å². The molecule has 1 heterocycles. The van der Waals surface area contributed by atoms with Gasteiger partial charge in [-0.3, -0.25) is 0 Å². The number of hydrogen-bond donors (Lipinski definition) is 0. The van der Waals surface area contributed by atoms with Gasteiger partial charge in [-0.2, -0.15) is 0 Å². The highest BCUT2D eigenvalue weighted by molar-refractivity contribution is 5.68. The van der Waals surface area contributed by atoms with E-state index in [1.165, 1.54) is 0 Å². The monoisotopic (exact) mass is 285 g/mol. The van der Waals surface area contributed by atoms with Crippen molar-refractivity contribution in [1.82, 2.24) is 4.90 Å². The first kappa shape index (κ1) is 17.3. The highest BCUT2D eigenvalue weighted by Gasteiger charge is 2.43. The van der Waals surface area contributed by atoms with E-state index in [9.17, 15) is 4.79 Å². The van der Waals surface area contributed by atoms with Crippen LogP contribution in [0.2, 0.25) is 0 Å². The molecular weight excluding hydrogens is 254 g/mol. The number of ether oxygens (including phenoxy) is 2. The van der Waals surface area contributed by atoms with Crippen molar-refractivity contribution in [1.29, 1.82) is 0 Å². The third-order valence-corrected chi connectivity index (χ3v) is 4.18. The molecule has 118 valence electrons. The lowest BCUT2D eigenvalue weighted by atomic mass is 9.92. The van der Waals surface area contributed by atoms with Crippen molar-refractivity contribution in [2.45, 2.75) is 72.0 Å². The van der Waals surface area contributed by atoms with Crippen LogP contribution >= 0.6 is 0 Å². The van der Waals surface area contributed by atoms with Crippen LogP contribution in [0.15, 0.2) is 0 Å². The summed E-state index contributed by atoms with van der Waals surface area (Å²) in [6.07, 6.45) is 4.24. The van der Waals surface area contributed by atoms with Crippen molar-refractivity contribution in [3.63, 3.8) is 0 Å². The maximum absolute atomic E-state index is 11.9. The topological polar surface area (TPSA) is 38.8 Å². The molecule has 1 aliphatic carbocycles. The standard InChI is InChI=1S/C14H25NO3.C2H6/c1-4-17-11(2)12-5-9-15(10-6-12)13(16)18-14(3)7-8-14;1-2/h11-12H,4-10H2,1-3H3;1-2H3. The van der Waals surface area contributed by atoms with Gasteiger partial charge in [0.15, 0.2) is 0 Å². The van der Waals surface area contributed by atoms with E-state index >= 15 is 0 Å². The van der Waals surface area contributed by atoms with Gasteiger partial charge in [-0.1, -0.05) is 13.8 Å². The number of carbonyl (C=O) groups excluding carboxylic acids is 1. The number of amides is 1. The lowest BCUT2D eigenvalue weighted by Gasteiger charge is -2.34. The van der Waals surface area contributed by atoms with Crippen LogP contribution in [0.1, 0.15) is 60.3 Å². The Morgan fingerprint density at radius 3 is 2.30 bits per heavy atom. The first-order valence-electron chi connectivity index (χ1n) is 8.13. The van der Waals surface area contributed by atoms with Crippen molar-refractivity contribution in [3.05, 3.63) is 0 Å². The van der Waals surface area contributed by atoms with Gasteiger partial charge >= 0.3 is 6.09 Å². The number of nitrogens with zero attached hydrogens (tertiary/aromatic N) is 1. The lowest BCUT2D eigenvalue weighted by molar-refractivity contribution is 0.00143. The number of piperidine rings is 1. The molecule has 4 nitrogen and oxygen atoms in total. The first-order chi connectivity index (χ1) is 9.54. The molecule has 1 aliphatic heterocycles. The smallest absolute Gasteiger partial charge is 0.410 e. The fourth-order valence-corrected chi connectivity index (χ4v) is 2.50. The van der Waals surface area contributed by atoms with Crippen molar-refractivity contribution >= 4 is 6.09 Å². The Balaban J connectivity index is 0.000000956. The van der Waals surface area contributed by atoms with E-state index in [-0.39, 0.29) is 11.7 Å². The van der Waals surface area contributed by atoms with Crippen LogP contribution in [0.4, 0.5) is 4.79 Å². The molecule has 1 amide bonds. The third kappa shape index (κ3) is 4.97. The third-order valence-electron chi connectivity index (χ3n) is 4.18. The predicted octanol–water partition coefficient (Wildman–Crippen LogP) is 3.84. The molecule has 0 bridgehead atoms. The molecule has 0 spiro atoms. The van der Waals surface area contributed by atoms with Crippen LogP contribution in [0.25, 0.3) is 0 Å². The molecule has 0 aromatic carbocycles. The van der Waals surface area contributed by atoms with Crippen LogP contribution < -0.4 is 0 Å². The van der Waals surface area contributed by atoms with Gasteiger partial charge < -0.3 is 14.4 Å². The molecule has 1 saturated heterocycles. The molecular formula is C16H31NO3. The quantitative estimate of drug-likeness (QED) is 0.787. The maximum atomic E-state index is 11.9. The SMILES string of the molecule is CC.CCOC(C)C1CCN(C(=O)OC2(C)CC2)CC1. The second-order valence-corrected chi connectivity index (χ2v) is 5.80. The van der Waals surface area contributed by atoms with E-state index in [0.29, 0.717) is 12.0 Å². The minimum absolute atomic E-state index is 0.127. The van der Waals surface area contributed by atoms with Crippen LogP contribution in [0, 0.1) is 5.92 Å². The summed E-state index contributed by atoms with van der Waals surface area (Å²) in [5, 5.41) is 0. The second kappa shape index (κ2) is 7.87. The molecule has 4 heteroatoms. The van der Waals surface area contributed by atoms with Crippen molar-refractivity contribution in [2.24, 2.45) is 5.92 Å². The van der Waals surface area contributed by atoms with E-state index in [1.807, 2.05) is 32.6 Å². The lowest BCUT2D eigenvalue weighted by Crippen LogP contribution is -2.42. The van der Waals surface area contributed by atoms with E-state index in [1.54, 1.807) is 0 Å². The zero-order valence-corrected chi connectivity index (χ0v) is 13.8. The summed E-state index contributed by atoms with van der Waals surface area (Å²) in [6, 6.07) is 0. The normalized spacial score (nSPS) is 22.6. The largest absolute Gasteiger partial charge is 0.443 e. The van der Waals surface area contributed by atoms with E-state index in [0.717, 1.165) is 45.4 Å². The summed E-state index contributed by atoms with van der Waals surface area (Å²) < 4.78 is 11.1. The molecule has 2 fully saturated rings. The van der Waals surface area contributed by atoms with Gasteiger partial charge in [-0.05, 0) is 52.4 Å². The van der Waals surface area contributed by atoms with Crippen LogP contribution in [-0.4, -0.2) is 42.4 Å². The fraction of sp³-hybridized carbons (Fsp3) is 0.938. The Hall–Kier alpha value is -0.770. The van der Waals surface area contributed by atoms with E-state index in [4.69, 9.17) is 9.47 Å². The van der Waals surface area contributed by atoms with Crippen LogP contribution in [0.3, 0.4) is 0 Å². The highest BCUT2D eigenvalue weighted by Crippen LogP contribution is 2.39.